The van der Waals surface area contributed by atoms with Crippen LogP contribution in [0.1, 0.15) is 29.8 Å². The number of imidazole rings is 1. The van der Waals surface area contributed by atoms with E-state index < -0.39 is 0 Å². The van der Waals surface area contributed by atoms with Crippen molar-refractivity contribution in [3.63, 3.8) is 0 Å². The number of hydrogen-bond acceptors (Lipinski definition) is 3. The molecule has 0 atom stereocenters. The van der Waals surface area contributed by atoms with E-state index >= 15 is 0 Å². The summed E-state index contributed by atoms with van der Waals surface area (Å²) in [5.74, 6) is 2.21. The number of hydrogen-bond donors (Lipinski definition) is 1. The zero-order chi connectivity index (χ0) is 14.1. The molecule has 110 valence electrons. The Hall–Kier alpha value is -1.81. The molecule has 1 aromatic heterocycles. The van der Waals surface area contributed by atoms with Crippen LogP contribution < -0.4 is 10.1 Å². The Morgan fingerprint density at radius 3 is 3.19 bits per heavy atom. The van der Waals surface area contributed by atoms with Crippen molar-refractivity contribution in [2.75, 3.05) is 6.61 Å². The van der Waals surface area contributed by atoms with Crippen LogP contribution in [0, 0.1) is 0 Å². The van der Waals surface area contributed by atoms with Gasteiger partial charge in [0, 0.05) is 31.4 Å². The molecule has 4 heteroatoms. The van der Waals surface area contributed by atoms with Crippen molar-refractivity contribution in [3.05, 3.63) is 47.5 Å². The van der Waals surface area contributed by atoms with Crippen molar-refractivity contribution in [3.8, 4) is 5.75 Å². The fraction of sp³-hybridized carbons (Fsp3) is 0.471. The summed E-state index contributed by atoms with van der Waals surface area (Å²) in [6, 6.07) is 7.32. The van der Waals surface area contributed by atoms with Gasteiger partial charge in [0.15, 0.2) is 0 Å². The Labute approximate surface area is 125 Å². The standard InChI is InChI=1S/C17H21N3O/c1-4-16-14(6-10-21-16)11-13(1)5-8-20-9-7-18-17(20)12-19-15-2-3-15/h1,4,7,9,11,15,19H,2-3,5-6,8,10,12H2. The molecule has 1 aliphatic carbocycles. The third-order valence-electron chi connectivity index (χ3n) is 4.32. The van der Waals surface area contributed by atoms with Gasteiger partial charge in [0.05, 0.1) is 13.2 Å². The lowest BCUT2D eigenvalue weighted by Crippen LogP contribution is -2.19. The van der Waals surface area contributed by atoms with Crippen LogP contribution in [0.15, 0.2) is 30.6 Å². The quantitative estimate of drug-likeness (QED) is 0.884. The molecule has 0 unspecified atom stereocenters. The molecule has 0 spiro atoms. The molecule has 0 radical (unpaired) electrons. The minimum Gasteiger partial charge on any atom is -0.493 e. The second-order valence-corrected chi connectivity index (χ2v) is 5.98. The van der Waals surface area contributed by atoms with Gasteiger partial charge in [-0.15, -0.1) is 0 Å². The zero-order valence-electron chi connectivity index (χ0n) is 12.2. The number of nitrogens with one attached hydrogen (secondary N) is 1. The first-order valence-electron chi connectivity index (χ1n) is 7.86. The van der Waals surface area contributed by atoms with Gasteiger partial charge in [0.2, 0.25) is 0 Å². The van der Waals surface area contributed by atoms with Crippen molar-refractivity contribution in [2.24, 2.45) is 0 Å². The summed E-state index contributed by atoms with van der Waals surface area (Å²) in [5.41, 5.74) is 2.74. The van der Waals surface area contributed by atoms with E-state index in [-0.39, 0.29) is 0 Å². The Kier molecular flexibility index (Phi) is 3.39. The van der Waals surface area contributed by atoms with Gasteiger partial charge in [-0.05, 0) is 36.5 Å². The highest BCUT2D eigenvalue weighted by Crippen LogP contribution is 2.26. The molecule has 1 aromatic carbocycles. The molecule has 2 aromatic rings. The lowest BCUT2D eigenvalue weighted by atomic mass is 10.1. The molecule has 0 amide bonds. The third kappa shape index (κ3) is 2.95. The van der Waals surface area contributed by atoms with E-state index in [9.17, 15) is 0 Å². The van der Waals surface area contributed by atoms with Crippen molar-refractivity contribution >= 4 is 0 Å². The highest BCUT2D eigenvalue weighted by atomic mass is 16.5. The molecular formula is C17H21N3O. The zero-order valence-corrected chi connectivity index (χ0v) is 12.2. The minimum atomic E-state index is 0.729. The molecule has 2 aliphatic rings. The van der Waals surface area contributed by atoms with Crippen LogP contribution in [0.5, 0.6) is 5.75 Å². The number of aromatic nitrogens is 2. The topological polar surface area (TPSA) is 39.1 Å². The Bertz CT molecular complexity index is 631. The van der Waals surface area contributed by atoms with Crippen molar-refractivity contribution in [2.45, 2.75) is 44.8 Å². The number of aryl methyl sites for hydroxylation is 2. The van der Waals surface area contributed by atoms with Crippen molar-refractivity contribution in [1.82, 2.24) is 14.9 Å². The molecular weight excluding hydrogens is 262 g/mol. The normalized spacial score (nSPS) is 16.8. The van der Waals surface area contributed by atoms with Crippen LogP contribution in [0.4, 0.5) is 0 Å². The largest absolute Gasteiger partial charge is 0.493 e. The Balaban J connectivity index is 1.38. The number of fused-ring (bicyclic) bond motifs is 1. The molecule has 4 rings (SSSR count). The van der Waals surface area contributed by atoms with E-state index in [1.54, 1.807) is 0 Å². The molecule has 2 heterocycles. The fourth-order valence-electron chi connectivity index (χ4n) is 2.88. The maximum absolute atomic E-state index is 5.56. The predicted octanol–water partition coefficient (Wildman–Crippen LogP) is 2.31. The molecule has 0 saturated heterocycles. The summed E-state index contributed by atoms with van der Waals surface area (Å²) in [6.07, 6.45) is 8.71. The first-order valence-corrected chi connectivity index (χ1v) is 7.86. The number of rotatable bonds is 6. The van der Waals surface area contributed by atoms with E-state index in [0.717, 1.165) is 50.2 Å². The molecule has 4 nitrogen and oxygen atoms in total. The summed E-state index contributed by atoms with van der Waals surface area (Å²) in [7, 11) is 0. The number of nitrogens with zero attached hydrogens (tertiary/aromatic N) is 2. The Morgan fingerprint density at radius 1 is 1.33 bits per heavy atom. The first kappa shape index (κ1) is 12.9. The lowest BCUT2D eigenvalue weighted by molar-refractivity contribution is 0.357. The maximum atomic E-state index is 5.56. The van der Waals surface area contributed by atoms with Gasteiger partial charge in [0.25, 0.3) is 0 Å². The van der Waals surface area contributed by atoms with Crippen LogP contribution in [-0.2, 0) is 25.9 Å². The third-order valence-corrected chi connectivity index (χ3v) is 4.32. The molecule has 21 heavy (non-hydrogen) atoms. The highest BCUT2D eigenvalue weighted by molar-refractivity contribution is 5.39. The highest BCUT2D eigenvalue weighted by Gasteiger charge is 2.20. The van der Waals surface area contributed by atoms with Crippen molar-refractivity contribution < 1.29 is 4.74 Å². The van der Waals surface area contributed by atoms with E-state index in [1.165, 1.54) is 24.0 Å². The summed E-state index contributed by atoms with van der Waals surface area (Å²) >= 11 is 0. The van der Waals surface area contributed by atoms with Gasteiger partial charge < -0.3 is 14.6 Å². The fourth-order valence-corrected chi connectivity index (χ4v) is 2.88. The van der Waals surface area contributed by atoms with E-state index in [2.05, 4.69) is 39.3 Å². The molecule has 1 aliphatic heterocycles. The molecule has 1 N–H and O–H groups in total. The average molecular weight is 283 g/mol. The van der Waals surface area contributed by atoms with Crippen LogP contribution in [0.2, 0.25) is 0 Å². The average Bonchev–Trinajstić information content (AvgIpc) is 3.04. The monoisotopic (exact) mass is 283 g/mol. The second-order valence-electron chi connectivity index (χ2n) is 5.98. The summed E-state index contributed by atoms with van der Waals surface area (Å²) in [4.78, 5) is 4.47. The van der Waals surface area contributed by atoms with Crippen LogP contribution >= 0.6 is 0 Å². The summed E-state index contributed by atoms with van der Waals surface area (Å²) < 4.78 is 7.82. The van der Waals surface area contributed by atoms with Gasteiger partial charge >= 0.3 is 0 Å². The van der Waals surface area contributed by atoms with Gasteiger partial charge in [-0.3, -0.25) is 0 Å². The van der Waals surface area contributed by atoms with Crippen LogP contribution in [0.25, 0.3) is 0 Å². The van der Waals surface area contributed by atoms with E-state index in [0.29, 0.717) is 0 Å². The number of ether oxygens (including phenoxy) is 1. The van der Waals surface area contributed by atoms with Gasteiger partial charge in [-0.1, -0.05) is 12.1 Å². The van der Waals surface area contributed by atoms with Gasteiger partial charge in [-0.2, -0.15) is 0 Å². The molecule has 0 bridgehead atoms. The predicted molar refractivity (Wildman–Crippen MR) is 81.4 cm³/mol. The van der Waals surface area contributed by atoms with E-state index in [4.69, 9.17) is 4.74 Å². The smallest absolute Gasteiger partial charge is 0.122 e. The first-order chi connectivity index (χ1) is 10.4. The molecule has 1 fully saturated rings. The summed E-state index contributed by atoms with van der Waals surface area (Å²) in [6.45, 7) is 2.70. The Morgan fingerprint density at radius 2 is 2.29 bits per heavy atom. The van der Waals surface area contributed by atoms with Crippen molar-refractivity contribution in [1.29, 1.82) is 0 Å². The summed E-state index contributed by atoms with van der Waals surface area (Å²) in [5, 5.41) is 3.53. The minimum absolute atomic E-state index is 0.729. The second kappa shape index (κ2) is 5.53. The maximum Gasteiger partial charge on any atom is 0.122 e. The van der Waals surface area contributed by atoms with E-state index in [1.807, 2.05) is 6.20 Å². The van der Waals surface area contributed by atoms with Crippen LogP contribution in [0.3, 0.4) is 0 Å². The number of benzene rings is 1. The van der Waals surface area contributed by atoms with Gasteiger partial charge in [0.1, 0.15) is 11.6 Å². The SMILES string of the molecule is c1cn(CCc2ccc3c(c2)CCO3)c(CNC2CC2)n1. The lowest BCUT2D eigenvalue weighted by Gasteiger charge is -2.09. The van der Waals surface area contributed by atoms with Crippen LogP contribution in [-0.4, -0.2) is 22.2 Å². The van der Waals surface area contributed by atoms with Gasteiger partial charge in [-0.25, -0.2) is 4.98 Å². The molecule has 1 saturated carbocycles.